The first-order chi connectivity index (χ1) is 9.83. The van der Waals surface area contributed by atoms with E-state index in [4.69, 9.17) is 5.73 Å². The highest BCUT2D eigenvalue weighted by Crippen LogP contribution is 2.34. The van der Waals surface area contributed by atoms with Crippen LogP contribution in [0.3, 0.4) is 0 Å². The Kier molecular flexibility index (Phi) is 3.25. The minimum Gasteiger partial charge on any atom is -0.326 e. The topological polar surface area (TPSA) is 45.4 Å². The van der Waals surface area contributed by atoms with Crippen molar-refractivity contribution in [1.29, 1.82) is 0 Å². The molecule has 0 spiro atoms. The molecule has 2 N–H and O–H groups in total. The summed E-state index contributed by atoms with van der Waals surface area (Å²) >= 11 is 0. The molecule has 0 amide bonds. The van der Waals surface area contributed by atoms with Crippen LogP contribution in [0.25, 0.3) is 0 Å². The van der Waals surface area contributed by atoms with E-state index in [-0.39, 0.29) is 6.04 Å². The number of rotatable bonds is 2. The monoisotopic (exact) mass is 272 g/mol. The van der Waals surface area contributed by atoms with Crippen molar-refractivity contribution in [3.05, 3.63) is 29.6 Å². The lowest BCUT2D eigenvalue weighted by molar-refractivity contribution is -0.00230. The van der Waals surface area contributed by atoms with E-state index in [1.54, 1.807) is 0 Å². The smallest absolute Gasteiger partial charge is 0.0482 e. The van der Waals surface area contributed by atoms with Gasteiger partial charge in [-0.1, -0.05) is 6.07 Å². The van der Waals surface area contributed by atoms with Crippen molar-refractivity contribution in [2.45, 2.75) is 37.3 Å². The van der Waals surface area contributed by atoms with Gasteiger partial charge in [-0.3, -0.25) is 14.8 Å². The molecule has 20 heavy (non-hydrogen) atoms. The number of hydrogen-bond acceptors (Lipinski definition) is 4. The Labute approximate surface area is 121 Å². The van der Waals surface area contributed by atoms with E-state index in [2.05, 4.69) is 26.9 Å². The molecule has 3 atom stereocenters. The minimum atomic E-state index is 0.229. The summed E-state index contributed by atoms with van der Waals surface area (Å²) in [4.78, 5) is 9.86. The summed E-state index contributed by atoms with van der Waals surface area (Å²) in [7, 11) is 0. The second-order valence-corrected chi connectivity index (χ2v) is 6.53. The molecule has 3 unspecified atom stereocenters. The van der Waals surface area contributed by atoms with E-state index >= 15 is 0 Å². The number of hydrogen-bond donors (Lipinski definition) is 1. The van der Waals surface area contributed by atoms with E-state index in [0.29, 0.717) is 12.0 Å². The van der Waals surface area contributed by atoms with Crippen molar-refractivity contribution < 1.29 is 0 Å². The van der Waals surface area contributed by atoms with Gasteiger partial charge in [-0.2, -0.15) is 0 Å². The van der Waals surface area contributed by atoms with Crippen LogP contribution < -0.4 is 5.73 Å². The van der Waals surface area contributed by atoms with Gasteiger partial charge in [0.2, 0.25) is 0 Å². The fraction of sp³-hybridized carbons (Fsp3) is 0.688. The van der Waals surface area contributed by atoms with Crippen LogP contribution >= 0.6 is 0 Å². The van der Waals surface area contributed by atoms with Crippen molar-refractivity contribution in [2.24, 2.45) is 5.73 Å². The lowest BCUT2D eigenvalue weighted by Crippen LogP contribution is -2.66. The zero-order chi connectivity index (χ0) is 13.5. The van der Waals surface area contributed by atoms with E-state index in [0.717, 1.165) is 6.54 Å². The standard InChI is InChI=1S/C16H24N4/c17-15(14-11-19-7-9-20(14)10-8-19)13-5-1-3-12-4-2-6-18-16(12)13/h2,4,6,13-15H,1,3,5,7-11,17H2. The molecule has 0 radical (unpaired) electrons. The second-order valence-electron chi connectivity index (χ2n) is 6.53. The van der Waals surface area contributed by atoms with Gasteiger partial charge < -0.3 is 5.73 Å². The largest absolute Gasteiger partial charge is 0.326 e. The van der Waals surface area contributed by atoms with Crippen molar-refractivity contribution in [3.8, 4) is 0 Å². The van der Waals surface area contributed by atoms with E-state index in [9.17, 15) is 0 Å². The van der Waals surface area contributed by atoms with Crippen LogP contribution in [0.15, 0.2) is 18.3 Å². The molecule has 3 aliphatic heterocycles. The number of pyridine rings is 1. The van der Waals surface area contributed by atoms with Gasteiger partial charge in [0.25, 0.3) is 0 Å². The number of nitrogens with zero attached hydrogens (tertiary/aromatic N) is 3. The third-order valence-electron chi connectivity index (χ3n) is 5.47. The van der Waals surface area contributed by atoms with E-state index in [1.165, 1.54) is 56.7 Å². The predicted molar refractivity (Wildman–Crippen MR) is 79.7 cm³/mol. The van der Waals surface area contributed by atoms with Crippen LogP contribution in [0.4, 0.5) is 0 Å². The summed E-state index contributed by atoms with van der Waals surface area (Å²) in [6, 6.07) is 5.05. The highest BCUT2D eigenvalue weighted by Gasteiger charge is 2.39. The highest BCUT2D eigenvalue weighted by atomic mass is 15.3. The second kappa shape index (κ2) is 5.10. The Morgan fingerprint density at radius 2 is 2.10 bits per heavy atom. The summed E-state index contributed by atoms with van der Waals surface area (Å²) in [5, 5.41) is 0. The minimum absolute atomic E-state index is 0.229. The summed E-state index contributed by atoms with van der Waals surface area (Å²) < 4.78 is 0. The van der Waals surface area contributed by atoms with Gasteiger partial charge >= 0.3 is 0 Å². The molecule has 0 saturated carbocycles. The Bertz CT molecular complexity index is 481. The summed E-state index contributed by atoms with van der Waals surface area (Å²) in [5.41, 5.74) is 9.42. The Balaban J connectivity index is 1.59. The maximum atomic E-state index is 6.72. The first kappa shape index (κ1) is 12.7. The third kappa shape index (κ3) is 2.07. The molecule has 3 saturated heterocycles. The van der Waals surface area contributed by atoms with Crippen LogP contribution in [0, 0.1) is 0 Å². The lowest BCUT2D eigenvalue weighted by atomic mass is 9.78. The number of aromatic nitrogens is 1. The molecule has 4 heterocycles. The van der Waals surface area contributed by atoms with Gasteiger partial charge in [0.05, 0.1) is 0 Å². The highest BCUT2D eigenvalue weighted by molar-refractivity contribution is 5.28. The van der Waals surface area contributed by atoms with Crippen LogP contribution in [0.5, 0.6) is 0 Å². The van der Waals surface area contributed by atoms with Gasteiger partial charge in [0.15, 0.2) is 0 Å². The van der Waals surface area contributed by atoms with Gasteiger partial charge in [-0.15, -0.1) is 0 Å². The number of piperazine rings is 3. The maximum Gasteiger partial charge on any atom is 0.0482 e. The van der Waals surface area contributed by atoms with E-state index < -0.39 is 0 Å². The first-order valence-electron chi connectivity index (χ1n) is 7.99. The molecule has 4 heteroatoms. The number of nitrogens with two attached hydrogens (primary N) is 1. The lowest BCUT2D eigenvalue weighted by Gasteiger charge is -2.51. The molecule has 4 aliphatic rings. The maximum absolute atomic E-state index is 6.72. The molecule has 108 valence electrons. The van der Waals surface area contributed by atoms with Crippen molar-refractivity contribution in [2.75, 3.05) is 32.7 Å². The molecule has 1 aliphatic carbocycles. The van der Waals surface area contributed by atoms with E-state index in [1.807, 2.05) is 6.20 Å². The van der Waals surface area contributed by atoms with Gasteiger partial charge in [-0.05, 0) is 30.9 Å². The summed E-state index contributed by atoms with van der Waals surface area (Å²) in [6.45, 7) is 5.99. The molecule has 1 aromatic heterocycles. The molecule has 2 bridgehead atoms. The normalized spacial score (nSPS) is 37.5. The van der Waals surface area contributed by atoms with Gasteiger partial charge in [0, 0.05) is 62.6 Å². The average molecular weight is 272 g/mol. The Morgan fingerprint density at radius 1 is 1.25 bits per heavy atom. The third-order valence-corrected chi connectivity index (χ3v) is 5.47. The molecular formula is C16H24N4. The number of fused-ring (bicyclic) bond motifs is 4. The number of aryl methyl sites for hydroxylation is 1. The zero-order valence-corrected chi connectivity index (χ0v) is 12.0. The van der Waals surface area contributed by atoms with Crippen molar-refractivity contribution >= 4 is 0 Å². The molecular weight excluding hydrogens is 248 g/mol. The quantitative estimate of drug-likeness (QED) is 0.866. The van der Waals surface area contributed by atoms with Gasteiger partial charge in [-0.25, -0.2) is 0 Å². The average Bonchev–Trinajstić information content (AvgIpc) is 2.54. The first-order valence-corrected chi connectivity index (χ1v) is 7.99. The Morgan fingerprint density at radius 3 is 2.85 bits per heavy atom. The molecule has 0 aromatic carbocycles. The van der Waals surface area contributed by atoms with Crippen molar-refractivity contribution in [3.63, 3.8) is 0 Å². The molecule has 3 fully saturated rings. The van der Waals surface area contributed by atoms with Crippen LogP contribution in [-0.4, -0.2) is 59.6 Å². The molecule has 5 rings (SSSR count). The van der Waals surface area contributed by atoms with Crippen LogP contribution in [-0.2, 0) is 6.42 Å². The van der Waals surface area contributed by atoms with Gasteiger partial charge in [0.1, 0.15) is 0 Å². The summed E-state index contributed by atoms with van der Waals surface area (Å²) in [6.07, 6.45) is 5.57. The fourth-order valence-electron chi connectivity index (χ4n) is 4.31. The van der Waals surface area contributed by atoms with Crippen molar-refractivity contribution in [1.82, 2.24) is 14.8 Å². The zero-order valence-electron chi connectivity index (χ0n) is 12.0. The van der Waals surface area contributed by atoms with Crippen LogP contribution in [0.1, 0.15) is 30.0 Å². The molecule has 1 aromatic rings. The Hall–Kier alpha value is -0.970. The summed E-state index contributed by atoms with van der Waals surface area (Å²) in [5.74, 6) is 0.450. The molecule has 4 nitrogen and oxygen atoms in total. The SMILES string of the molecule is NC(C1CCCc2cccnc21)C1CN2CCN1CC2. The van der Waals surface area contributed by atoms with Crippen LogP contribution in [0.2, 0.25) is 0 Å². The fourth-order valence-corrected chi connectivity index (χ4v) is 4.31. The predicted octanol–water partition coefficient (Wildman–Crippen LogP) is 0.829.